The van der Waals surface area contributed by atoms with E-state index in [1.54, 1.807) is 0 Å². The average molecular weight is 417 g/mol. The van der Waals surface area contributed by atoms with Crippen LogP contribution in [-0.2, 0) is 16.9 Å². The third kappa shape index (κ3) is 3.25. The number of ether oxygens (including phenoxy) is 1. The van der Waals surface area contributed by atoms with E-state index in [1.807, 2.05) is 0 Å². The van der Waals surface area contributed by atoms with Crippen LogP contribution in [0.2, 0.25) is 5.82 Å². The summed E-state index contributed by atoms with van der Waals surface area (Å²) in [5, 5.41) is 15.5. The zero-order valence-corrected chi connectivity index (χ0v) is 15.7. The van der Waals surface area contributed by atoms with Crippen LogP contribution in [0.5, 0.6) is 0 Å². The molecule has 1 aromatic heterocycles. The van der Waals surface area contributed by atoms with Gasteiger partial charge < -0.3 is 9.84 Å². The first-order valence-electron chi connectivity index (χ1n) is 9.08. The van der Waals surface area contributed by atoms with E-state index < -0.39 is 46.1 Å². The lowest BCUT2D eigenvalue weighted by Crippen LogP contribution is -2.47. The lowest BCUT2D eigenvalue weighted by molar-refractivity contribution is -0.126. The molecule has 2 radical (unpaired) electrons. The highest BCUT2D eigenvalue weighted by molar-refractivity contribution is 6.15. The molecule has 2 unspecified atom stereocenters. The van der Waals surface area contributed by atoms with Gasteiger partial charge in [0, 0.05) is 11.6 Å². The van der Waals surface area contributed by atoms with Crippen LogP contribution in [0, 0.1) is 11.6 Å². The summed E-state index contributed by atoms with van der Waals surface area (Å²) in [5.74, 6) is -5.84. The number of nitrogens with zero attached hydrogens (tertiary/aromatic N) is 3. The van der Waals surface area contributed by atoms with Crippen LogP contribution < -0.4 is 0 Å². The van der Waals surface area contributed by atoms with Crippen LogP contribution >= 0.6 is 0 Å². The maximum absolute atomic E-state index is 14.7. The first kappa shape index (κ1) is 20.4. The maximum atomic E-state index is 14.7. The Morgan fingerprint density at radius 1 is 1.30 bits per heavy atom. The molecule has 1 saturated carbocycles. The van der Waals surface area contributed by atoms with Crippen LogP contribution in [0.1, 0.15) is 18.4 Å². The quantitative estimate of drug-likeness (QED) is 0.577. The summed E-state index contributed by atoms with van der Waals surface area (Å²) in [6, 6.07) is 2.65. The minimum Gasteiger partial charge on any atom is -0.478 e. The second-order valence-electron chi connectivity index (χ2n) is 7.38. The Bertz CT molecular complexity index is 1070. The Hall–Kier alpha value is -2.88. The van der Waals surface area contributed by atoms with E-state index in [0.717, 1.165) is 18.2 Å². The standard InChI is InChI=1S/C20H16BF4N3O2/c1-11-14(21)7-16(24)18(17(11)25)30-19(4-5-19)20(29,8-28-10-26-9-27-28)13-3-2-12(22)6-15(13)23/h2-3,6-7,9-10,14,29H,1,4-5,8H2. The Kier molecular flexibility index (Phi) is 4.84. The molecular formula is C20H16BF4N3O2. The molecule has 1 heterocycles. The van der Waals surface area contributed by atoms with E-state index in [0.29, 0.717) is 6.07 Å². The Labute approximate surface area is 170 Å². The number of hydrogen-bond donors (Lipinski definition) is 1. The summed E-state index contributed by atoms with van der Waals surface area (Å²) < 4.78 is 64.1. The van der Waals surface area contributed by atoms with E-state index in [-0.39, 0.29) is 30.5 Å². The summed E-state index contributed by atoms with van der Waals surface area (Å²) in [4.78, 5) is 3.78. The molecule has 0 spiro atoms. The first-order chi connectivity index (χ1) is 14.2. The second kappa shape index (κ2) is 7.12. The normalized spacial score (nSPS) is 22.5. The lowest BCUT2D eigenvalue weighted by atomic mass is 9.78. The molecule has 0 amide bonds. The number of rotatable bonds is 6. The minimum atomic E-state index is -2.15. The summed E-state index contributed by atoms with van der Waals surface area (Å²) in [6.45, 7) is 3.13. The molecule has 0 saturated heterocycles. The van der Waals surface area contributed by atoms with Gasteiger partial charge in [0.25, 0.3) is 0 Å². The molecule has 4 rings (SSSR count). The van der Waals surface area contributed by atoms with Gasteiger partial charge in [0.2, 0.25) is 0 Å². The predicted octanol–water partition coefficient (Wildman–Crippen LogP) is 3.55. The number of halogens is 4. The van der Waals surface area contributed by atoms with Gasteiger partial charge in [-0.25, -0.2) is 27.2 Å². The van der Waals surface area contributed by atoms with Crippen molar-refractivity contribution in [1.82, 2.24) is 14.8 Å². The zero-order valence-electron chi connectivity index (χ0n) is 15.7. The highest BCUT2D eigenvalue weighted by Crippen LogP contribution is 2.57. The average Bonchev–Trinajstić information content (AvgIpc) is 3.32. The fourth-order valence-electron chi connectivity index (χ4n) is 3.58. The summed E-state index contributed by atoms with van der Waals surface area (Å²) in [6.07, 6.45) is 3.73. The van der Waals surface area contributed by atoms with Crippen LogP contribution in [0.15, 0.2) is 66.5 Å². The van der Waals surface area contributed by atoms with E-state index in [2.05, 4.69) is 16.7 Å². The van der Waals surface area contributed by atoms with E-state index in [1.165, 1.54) is 17.3 Å². The van der Waals surface area contributed by atoms with E-state index in [9.17, 15) is 22.7 Å². The molecule has 5 nitrogen and oxygen atoms in total. The molecule has 154 valence electrons. The molecule has 2 atom stereocenters. The molecule has 0 aliphatic heterocycles. The lowest BCUT2D eigenvalue weighted by Gasteiger charge is -2.38. The second-order valence-corrected chi connectivity index (χ2v) is 7.38. The molecule has 2 aromatic rings. The first-order valence-corrected chi connectivity index (χ1v) is 9.08. The minimum absolute atomic E-state index is 0.150. The van der Waals surface area contributed by atoms with Gasteiger partial charge in [-0.15, -0.1) is 0 Å². The Balaban J connectivity index is 1.79. The largest absolute Gasteiger partial charge is 0.478 e. The fourth-order valence-corrected chi connectivity index (χ4v) is 3.58. The molecular weight excluding hydrogens is 401 g/mol. The van der Waals surface area contributed by atoms with Crippen molar-refractivity contribution in [3.63, 3.8) is 0 Å². The molecule has 0 bridgehead atoms. The van der Waals surface area contributed by atoms with Crippen LogP contribution in [0.25, 0.3) is 0 Å². The summed E-state index contributed by atoms with van der Waals surface area (Å²) >= 11 is 0. The molecule has 2 aliphatic carbocycles. The van der Waals surface area contributed by atoms with Crippen molar-refractivity contribution in [2.75, 3.05) is 0 Å². The topological polar surface area (TPSA) is 60.2 Å². The molecule has 1 aromatic carbocycles. The van der Waals surface area contributed by atoms with Crippen LogP contribution in [-0.4, -0.2) is 33.3 Å². The summed E-state index contributed by atoms with van der Waals surface area (Å²) in [7, 11) is 5.60. The van der Waals surface area contributed by atoms with E-state index >= 15 is 0 Å². The van der Waals surface area contributed by atoms with Crippen molar-refractivity contribution >= 4 is 7.85 Å². The van der Waals surface area contributed by atoms with Crippen LogP contribution in [0.4, 0.5) is 17.6 Å². The molecule has 1 fully saturated rings. The number of aromatic nitrogens is 3. The fraction of sp³-hybridized carbons (Fsp3) is 0.300. The van der Waals surface area contributed by atoms with Crippen LogP contribution in [0.3, 0.4) is 0 Å². The number of aliphatic hydroxyl groups is 1. The van der Waals surface area contributed by atoms with Crippen molar-refractivity contribution in [2.24, 2.45) is 0 Å². The summed E-state index contributed by atoms with van der Waals surface area (Å²) in [5.41, 5.74) is -4.23. The van der Waals surface area contributed by atoms with Crippen molar-refractivity contribution in [1.29, 1.82) is 0 Å². The van der Waals surface area contributed by atoms with Crippen molar-refractivity contribution in [2.45, 2.75) is 36.4 Å². The smallest absolute Gasteiger partial charge is 0.191 e. The number of allylic oxidation sites excluding steroid dienone is 4. The van der Waals surface area contributed by atoms with Crippen molar-refractivity contribution in [3.8, 4) is 0 Å². The highest BCUT2D eigenvalue weighted by atomic mass is 19.1. The molecule has 30 heavy (non-hydrogen) atoms. The highest BCUT2D eigenvalue weighted by Gasteiger charge is 2.64. The van der Waals surface area contributed by atoms with Crippen molar-refractivity contribution in [3.05, 3.63) is 83.7 Å². The van der Waals surface area contributed by atoms with Gasteiger partial charge in [0.1, 0.15) is 29.9 Å². The van der Waals surface area contributed by atoms with Gasteiger partial charge in [0.05, 0.1) is 14.4 Å². The van der Waals surface area contributed by atoms with Gasteiger partial charge in [-0.05, 0) is 36.4 Å². The van der Waals surface area contributed by atoms with Gasteiger partial charge >= 0.3 is 0 Å². The molecule has 1 N–H and O–H groups in total. The maximum Gasteiger partial charge on any atom is 0.191 e. The Morgan fingerprint density at radius 2 is 2.03 bits per heavy atom. The van der Waals surface area contributed by atoms with Crippen molar-refractivity contribution < 1.29 is 27.4 Å². The molecule has 2 aliphatic rings. The third-order valence-corrected chi connectivity index (χ3v) is 5.42. The van der Waals surface area contributed by atoms with Gasteiger partial charge in [-0.1, -0.05) is 12.6 Å². The van der Waals surface area contributed by atoms with Gasteiger partial charge in [-0.3, -0.25) is 0 Å². The SMILES string of the molecule is [B]C1C=C(F)C(OC2(C(O)(Cn3cncn3)c3ccc(F)cc3F)CC2)=C(F)C1=C. The zero-order chi connectivity index (χ0) is 21.7. The monoisotopic (exact) mass is 417 g/mol. The number of hydrogen-bond acceptors (Lipinski definition) is 4. The van der Waals surface area contributed by atoms with E-state index in [4.69, 9.17) is 12.6 Å². The third-order valence-electron chi connectivity index (χ3n) is 5.42. The molecule has 10 heteroatoms. The van der Waals surface area contributed by atoms with Gasteiger partial charge in [-0.2, -0.15) is 5.10 Å². The predicted molar refractivity (Wildman–Crippen MR) is 99.3 cm³/mol. The number of benzene rings is 1. The Morgan fingerprint density at radius 3 is 2.63 bits per heavy atom. The van der Waals surface area contributed by atoms with Gasteiger partial charge in [0.15, 0.2) is 23.0 Å².